The van der Waals surface area contributed by atoms with Gasteiger partial charge in [0, 0.05) is 24.1 Å². The number of aromatic nitrogens is 2. The summed E-state index contributed by atoms with van der Waals surface area (Å²) in [5, 5.41) is 7.90. The van der Waals surface area contributed by atoms with Gasteiger partial charge in [-0.05, 0) is 43.2 Å². The minimum atomic E-state index is 0.651. The summed E-state index contributed by atoms with van der Waals surface area (Å²) in [7, 11) is 0. The van der Waals surface area contributed by atoms with Gasteiger partial charge in [-0.1, -0.05) is 25.7 Å². The van der Waals surface area contributed by atoms with Gasteiger partial charge in [0.1, 0.15) is 0 Å². The fraction of sp³-hybridized carbons (Fsp3) is 0.438. The van der Waals surface area contributed by atoms with E-state index < -0.39 is 0 Å². The Morgan fingerprint density at radius 2 is 1.74 bits per heavy atom. The summed E-state index contributed by atoms with van der Waals surface area (Å²) in [5.41, 5.74) is 2.33. The molecular formula is C16H21N3. The van der Waals surface area contributed by atoms with E-state index in [2.05, 4.69) is 34.7 Å². The van der Waals surface area contributed by atoms with Gasteiger partial charge < -0.3 is 5.32 Å². The molecular weight excluding hydrogens is 234 g/mol. The second kappa shape index (κ2) is 5.91. The van der Waals surface area contributed by atoms with Crippen LogP contribution in [0.15, 0.2) is 42.7 Å². The molecule has 3 heteroatoms. The van der Waals surface area contributed by atoms with Crippen LogP contribution < -0.4 is 5.32 Å². The maximum Gasteiger partial charge on any atom is 0.0647 e. The van der Waals surface area contributed by atoms with Crippen molar-refractivity contribution in [3.8, 4) is 5.69 Å². The molecule has 3 nitrogen and oxygen atoms in total. The number of nitrogens with zero attached hydrogens (tertiary/aromatic N) is 2. The lowest BCUT2D eigenvalue weighted by Crippen LogP contribution is -2.18. The minimum absolute atomic E-state index is 0.651. The van der Waals surface area contributed by atoms with Crippen LogP contribution in [-0.4, -0.2) is 15.8 Å². The van der Waals surface area contributed by atoms with Crippen LogP contribution in [-0.2, 0) is 0 Å². The highest BCUT2D eigenvalue weighted by Gasteiger charge is 2.11. The maximum absolute atomic E-state index is 4.24. The molecule has 0 saturated heterocycles. The molecule has 0 bridgehead atoms. The smallest absolute Gasteiger partial charge is 0.0647 e. The highest BCUT2D eigenvalue weighted by Crippen LogP contribution is 2.21. The Labute approximate surface area is 114 Å². The van der Waals surface area contributed by atoms with E-state index in [1.165, 1.54) is 44.2 Å². The first kappa shape index (κ1) is 12.3. The quantitative estimate of drug-likeness (QED) is 0.840. The Morgan fingerprint density at radius 3 is 2.37 bits per heavy atom. The molecule has 0 amide bonds. The number of hydrogen-bond donors (Lipinski definition) is 1. The first-order valence-electron chi connectivity index (χ1n) is 7.28. The molecule has 0 unspecified atom stereocenters. The summed E-state index contributed by atoms with van der Waals surface area (Å²) in [5.74, 6) is 0. The molecule has 19 heavy (non-hydrogen) atoms. The van der Waals surface area contributed by atoms with Gasteiger partial charge in [0.25, 0.3) is 0 Å². The molecule has 0 atom stereocenters. The number of nitrogens with one attached hydrogen (secondary N) is 1. The number of rotatable bonds is 3. The van der Waals surface area contributed by atoms with Crippen molar-refractivity contribution < 1.29 is 0 Å². The zero-order valence-corrected chi connectivity index (χ0v) is 11.3. The normalized spacial score (nSPS) is 17.1. The van der Waals surface area contributed by atoms with Crippen LogP contribution in [0, 0.1) is 0 Å². The van der Waals surface area contributed by atoms with Crippen molar-refractivity contribution in [2.45, 2.75) is 44.6 Å². The molecule has 1 N–H and O–H groups in total. The van der Waals surface area contributed by atoms with Crippen molar-refractivity contribution in [1.82, 2.24) is 9.78 Å². The average Bonchev–Trinajstić information content (AvgIpc) is 2.86. The van der Waals surface area contributed by atoms with Crippen molar-refractivity contribution in [1.29, 1.82) is 0 Å². The van der Waals surface area contributed by atoms with Gasteiger partial charge in [0.2, 0.25) is 0 Å². The maximum atomic E-state index is 4.24. The molecule has 1 aromatic heterocycles. The lowest BCUT2D eigenvalue weighted by atomic mass is 10.1. The zero-order chi connectivity index (χ0) is 12.9. The largest absolute Gasteiger partial charge is 0.382 e. The second-order valence-electron chi connectivity index (χ2n) is 5.33. The Kier molecular flexibility index (Phi) is 3.82. The average molecular weight is 255 g/mol. The predicted molar refractivity (Wildman–Crippen MR) is 78.7 cm³/mol. The molecule has 1 fully saturated rings. The van der Waals surface area contributed by atoms with Crippen LogP contribution in [0.25, 0.3) is 5.69 Å². The SMILES string of the molecule is c1cnn(-c2ccc(NC3CCCCCC3)cc2)c1. The molecule has 100 valence electrons. The van der Waals surface area contributed by atoms with E-state index in [-0.39, 0.29) is 0 Å². The van der Waals surface area contributed by atoms with E-state index in [0.717, 1.165) is 5.69 Å². The third-order valence-electron chi connectivity index (χ3n) is 3.86. The summed E-state index contributed by atoms with van der Waals surface area (Å²) in [6.07, 6.45) is 11.9. The lowest BCUT2D eigenvalue weighted by molar-refractivity contribution is 0.620. The third kappa shape index (κ3) is 3.16. The number of benzene rings is 1. The van der Waals surface area contributed by atoms with Crippen LogP contribution in [0.5, 0.6) is 0 Å². The minimum Gasteiger partial charge on any atom is -0.382 e. The van der Waals surface area contributed by atoms with E-state index in [0.29, 0.717) is 6.04 Å². The highest BCUT2D eigenvalue weighted by molar-refractivity contribution is 5.49. The van der Waals surface area contributed by atoms with Crippen LogP contribution in [0.1, 0.15) is 38.5 Å². The Morgan fingerprint density at radius 1 is 1.00 bits per heavy atom. The first-order chi connectivity index (χ1) is 9.42. The second-order valence-corrected chi connectivity index (χ2v) is 5.33. The van der Waals surface area contributed by atoms with Crippen LogP contribution in [0.3, 0.4) is 0 Å². The van der Waals surface area contributed by atoms with Crippen molar-refractivity contribution in [3.63, 3.8) is 0 Å². The van der Waals surface area contributed by atoms with Crippen molar-refractivity contribution >= 4 is 5.69 Å². The van der Waals surface area contributed by atoms with E-state index >= 15 is 0 Å². The Balaban J connectivity index is 1.65. The summed E-state index contributed by atoms with van der Waals surface area (Å²) in [6.45, 7) is 0. The van der Waals surface area contributed by atoms with Crippen LogP contribution in [0.4, 0.5) is 5.69 Å². The molecule has 3 rings (SSSR count). The molecule has 1 aliphatic rings. The van der Waals surface area contributed by atoms with E-state index in [1.54, 1.807) is 6.20 Å². The van der Waals surface area contributed by atoms with Gasteiger partial charge in [-0.25, -0.2) is 4.68 Å². The van der Waals surface area contributed by atoms with Gasteiger partial charge in [-0.15, -0.1) is 0 Å². The summed E-state index contributed by atoms with van der Waals surface area (Å²) >= 11 is 0. The fourth-order valence-corrected chi connectivity index (χ4v) is 2.79. The topological polar surface area (TPSA) is 29.9 Å². The molecule has 1 aromatic carbocycles. The van der Waals surface area contributed by atoms with Gasteiger partial charge in [0.15, 0.2) is 0 Å². The molecule has 1 heterocycles. The van der Waals surface area contributed by atoms with Crippen molar-refractivity contribution in [3.05, 3.63) is 42.7 Å². The Hall–Kier alpha value is -1.77. The standard InChI is InChI=1S/C16H21N3/c1-2-4-7-14(6-3-1)18-15-8-10-16(11-9-15)19-13-5-12-17-19/h5,8-14,18H,1-4,6-7H2. The van der Waals surface area contributed by atoms with Crippen LogP contribution >= 0.6 is 0 Å². The third-order valence-corrected chi connectivity index (χ3v) is 3.86. The number of hydrogen-bond acceptors (Lipinski definition) is 2. The van der Waals surface area contributed by atoms with E-state index in [1.807, 2.05) is 16.9 Å². The van der Waals surface area contributed by atoms with Gasteiger partial charge in [-0.2, -0.15) is 5.10 Å². The Bertz CT molecular complexity index is 479. The molecule has 1 aliphatic carbocycles. The highest BCUT2D eigenvalue weighted by atomic mass is 15.3. The summed E-state index contributed by atoms with van der Waals surface area (Å²) < 4.78 is 1.88. The van der Waals surface area contributed by atoms with E-state index in [4.69, 9.17) is 0 Å². The number of anilines is 1. The molecule has 1 saturated carbocycles. The first-order valence-corrected chi connectivity index (χ1v) is 7.28. The lowest BCUT2D eigenvalue weighted by Gasteiger charge is -2.17. The van der Waals surface area contributed by atoms with E-state index in [9.17, 15) is 0 Å². The van der Waals surface area contributed by atoms with Gasteiger partial charge >= 0.3 is 0 Å². The molecule has 0 aliphatic heterocycles. The van der Waals surface area contributed by atoms with Gasteiger partial charge in [0.05, 0.1) is 5.69 Å². The monoisotopic (exact) mass is 255 g/mol. The predicted octanol–water partition coefficient (Wildman–Crippen LogP) is 4.01. The van der Waals surface area contributed by atoms with Crippen molar-refractivity contribution in [2.75, 3.05) is 5.32 Å². The van der Waals surface area contributed by atoms with Gasteiger partial charge in [-0.3, -0.25) is 0 Å². The van der Waals surface area contributed by atoms with Crippen molar-refractivity contribution in [2.24, 2.45) is 0 Å². The molecule has 0 spiro atoms. The molecule has 2 aromatic rings. The summed E-state index contributed by atoms with van der Waals surface area (Å²) in [6, 6.07) is 11.1. The molecule has 0 radical (unpaired) electrons. The van der Waals surface area contributed by atoms with Crippen LogP contribution in [0.2, 0.25) is 0 Å². The summed E-state index contributed by atoms with van der Waals surface area (Å²) in [4.78, 5) is 0. The fourth-order valence-electron chi connectivity index (χ4n) is 2.79. The zero-order valence-electron chi connectivity index (χ0n) is 11.3.